The van der Waals surface area contributed by atoms with Crippen LogP contribution in [-0.2, 0) is 6.42 Å². The van der Waals surface area contributed by atoms with Crippen LogP contribution in [0.15, 0.2) is 24.3 Å². The number of alkyl halides is 3. The highest BCUT2D eigenvalue weighted by Gasteiger charge is 2.32. The summed E-state index contributed by atoms with van der Waals surface area (Å²) in [6, 6.07) is 7.05. The molecular weight excluding hydrogens is 267 g/mol. The Morgan fingerprint density at radius 1 is 1.15 bits per heavy atom. The second kappa shape index (κ2) is 7.09. The van der Waals surface area contributed by atoms with Crippen molar-refractivity contribution in [1.29, 1.82) is 0 Å². The maximum absolute atomic E-state index is 12.5. The van der Waals surface area contributed by atoms with Gasteiger partial charge in [-0.25, -0.2) is 0 Å². The lowest BCUT2D eigenvalue weighted by molar-refractivity contribution is -0.152. The molecule has 0 saturated heterocycles. The Bertz CT molecular complexity index is 401. The molecule has 0 aromatic heterocycles. The first-order valence-electron chi connectivity index (χ1n) is 6.80. The van der Waals surface area contributed by atoms with E-state index in [0.29, 0.717) is 5.56 Å². The average molecular weight is 289 g/mol. The number of benzene rings is 1. The Labute approximate surface area is 118 Å². The molecule has 0 bridgehead atoms. The molecule has 1 rings (SSSR count). The molecular formula is C15H22F3NO. The molecule has 0 fully saturated rings. The lowest BCUT2D eigenvalue weighted by Crippen LogP contribution is -2.41. The van der Waals surface area contributed by atoms with Crippen molar-refractivity contribution in [3.05, 3.63) is 35.4 Å². The van der Waals surface area contributed by atoms with Gasteiger partial charge < -0.3 is 5.11 Å². The molecule has 0 radical (unpaired) electrons. The van der Waals surface area contributed by atoms with E-state index in [2.05, 4.69) is 0 Å². The van der Waals surface area contributed by atoms with E-state index in [9.17, 15) is 18.3 Å². The number of halogens is 3. The Kier molecular flexibility index (Phi) is 6.02. The predicted octanol–water partition coefficient (Wildman–Crippen LogP) is 3.56. The fourth-order valence-corrected chi connectivity index (χ4v) is 1.99. The molecule has 5 heteroatoms. The summed E-state index contributed by atoms with van der Waals surface area (Å²) in [4.78, 5) is 1.23. The van der Waals surface area contributed by atoms with E-state index in [4.69, 9.17) is 0 Å². The number of nitrogens with zero attached hydrogens (tertiary/aromatic N) is 1. The molecule has 1 N–H and O–H groups in total. The van der Waals surface area contributed by atoms with Crippen molar-refractivity contribution < 1.29 is 18.3 Å². The molecule has 0 aliphatic heterocycles. The Morgan fingerprint density at radius 3 is 2.10 bits per heavy atom. The lowest BCUT2D eigenvalue weighted by Gasteiger charge is -2.29. The SMILES string of the molecule is CCc1ccc(C(O)CN(CC(F)(F)F)C(C)C)cc1. The maximum Gasteiger partial charge on any atom is 0.401 e. The highest BCUT2D eigenvalue weighted by molar-refractivity contribution is 5.24. The first-order chi connectivity index (χ1) is 9.23. The maximum atomic E-state index is 12.5. The van der Waals surface area contributed by atoms with E-state index >= 15 is 0 Å². The van der Waals surface area contributed by atoms with Gasteiger partial charge in [0.2, 0.25) is 0 Å². The minimum absolute atomic E-state index is 0.0252. The topological polar surface area (TPSA) is 23.5 Å². The van der Waals surface area contributed by atoms with Crippen LogP contribution in [0, 0.1) is 0 Å². The number of aliphatic hydroxyl groups excluding tert-OH is 1. The third kappa shape index (κ3) is 5.51. The molecule has 0 saturated carbocycles. The van der Waals surface area contributed by atoms with Crippen molar-refractivity contribution in [2.24, 2.45) is 0 Å². The largest absolute Gasteiger partial charge is 0.401 e. The standard InChI is InChI=1S/C15H22F3NO/c1-4-12-5-7-13(8-6-12)14(20)9-19(11(2)3)10-15(16,17)18/h5-8,11,14,20H,4,9-10H2,1-3H3. The minimum Gasteiger partial charge on any atom is -0.387 e. The summed E-state index contributed by atoms with van der Waals surface area (Å²) in [5.74, 6) is 0. The van der Waals surface area contributed by atoms with Gasteiger partial charge in [0.1, 0.15) is 0 Å². The molecule has 0 aliphatic rings. The van der Waals surface area contributed by atoms with Crippen LogP contribution in [-0.4, -0.2) is 35.3 Å². The second-order valence-corrected chi connectivity index (χ2v) is 5.25. The summed E-state index contributed by atoms with van der Waals surface area (Å²) in [5, 5.41) is 10.1. The summed E-state index contributed by atoms with van der Waals surface area (Å²) in [5.41, 5.74) is 1.78. The third-order valence-corrected chi connectivity index (χ3v) is 3.29. The van der Waals surface area contributed by atoms with Crippen molar-refractivity contribution in [3.63, 3.8) is 0 Å². The van der Waals surface area contributed by atoms with E-state index in [1.165, 1.54) is 4.90 Å². The molecule has 1 aromatic carbocycles. The van der Waals surface area contributed by atoms with Crippen LogP contribution in [0.4, 0.5) is 13.2 Å². The van der Waals surface area contributed by atoms with Crippen LogP contribution in [0.5, 0.6) is 0 Å². The van der Waals surface area contributed by atoms with Crippen LogP contribution < -0.4 is 0 Å². The third-order valence-electron chi connectivity index (χ3n) is 3.29. The van der Waals surface area contributed by atoms with E-state index in [-0.39, 0.29) is 12.6 Å². The summed E-state index contributed by atoms with van der Waals surface area (Å²) in [6.07, 6.45) is -4.27. The smallest absolute Gasteiger partial charge is 0.387 e. The number of rotatable bonds is 6. The van der Waals surface area contributed by atoms with Crippen LogP contribution in [0.2, 0.25) is 0 Å². The van der Waals surface area contributed by atoms with Gasteiger partial charge in [0, 0.05) is 12.6 Å². The predicted molar refractivity (Wildman–Crippen MR) is 73.5 cm³/mol. The molecule has 0 heterocycles. The molecule has 1 unspecified atom stereocenters. The lowest BCUT2D eigenvalue weighted by atomic mass is 10.0. The van der Waals surface area contributed by atoms with Gasteiger partial charge in [0.25, 0.3) is 0 Å². The van der Waals surface area contributed by atoms with Crippen LogP contribution in [0.3, 0.4) is 0 Å². The Hall–Kier alpha value is -1.07. The van der Waals surface area contributed by atoms with E-state index < -0.39 is 18.8 Å². The van der Waals surface area contributed by atoms with Gasteiger partial charge in [0.15, 0.2) is 0 Å². The van der Waals surface area contributed by atoms with E-state index in [1.54, 1.807) is 26.0 Å². The van der Waals surface area contributed by atoms with Gasteiger partial charge in [-0.05, 0) is 31.4 Å². The number of hydrogen-bond donors (Lipinski definition) is 1. The Balaban J connectivity index is 2.71. The zero-order chi connectivity index (χ0) is 15.3. The van der Waals surface area contributed by atoms with Gasteiger partial charge >= 0.3 is 6.18 Å². The summed E-state index contributed by atoms with van der Waals surface area (Å²) < 4.78 is 37.5. The molecule has 0 aliphatic carbocycles. The van der Waals surface area contributed by atoms with Crippen LogP contribution >= 0.6 is 0 Å². The molecule has 0 amide bonds. The highest BCUT2D eigenvalue weighted by atomic mass is 19.4. The normalized spacial score (nSPS) is 14.1. The van der Waals surface area contributed by atoms with Crippen molar-refractivity contribution >= 4 is 0 Å². The fraction of sp³-hybridized carbons (Fsp3) is 0.600. The van der Waals surface area contributed by atoms with Gasteiger partial charge in [-0.15, -0.1) is 0 Å². The molecule has 1 atom stereocenters. The zero-order valence-corrected chi connectivity index (χ0v) is 12.1. The minimum atomic E-state index is -4.25. The monoisotopic (exact) mass is 289 g/mol. The molecule has 0 spiro atoms. The first kappa shape index (κ1) is 17.0. The number of hydrogen-bond acceptors (Lipinski definition) is 2. The number of aryl methyl sites for hydroxylation is 1. The van der Waals surface area contributed by atoms with Gasteiger partial charge in [-0.3, -0.25) is 4.90 Å². The molecule has 20 heavy (non-hydrogen) atoms. The van der Waals surface area contributed by atoms with Crippen molar-refractivity contribution in [3.8, 4) is 0 Å². The first-order valence-corrected chi connectivity index (χ1v) is 6.80. The fourth-order valence-electron chi connectivity index (χ4n) is 1.99. The summed E-state index contributed by atoms with van der Waals surface area (Å²) >= 11 is 0. The quantitative estimate of drug-likeness (QED) is 0.865. The summed E-state index contributed by atoms with van der Waals surface area (Å²) in [6.45, 7) is 4.38. The second-order valence-electron chi connectivity index (χ2n) is 5.25. The average Bonchev–Trinajstić information content (AvgIpc) is 2.36. The van der Waals surface area contributed by atoms with Gasteiger partial charge in [0.05, 0.1) is 12.6 Å². The molecule has 114 valence electrons. The van der Waals surface area contributed by atoms with Gasteiger partial charge in [-0.1, -0.05) is 31.2 Å². The van der Waals surface area contributed by atoms with Crippen molar-refractivity contribution in [2.45, 2.75) is 45.5 Å². The van der Waals surface area contributed by atoms with Crippen LogP contribution in [0.1, 0.15) is 38.0 Å². The van der Waals surface area contributed by atoms with Crippen LogP contribution in [0.25, 0.3) is 0 Å². The molecule has 2 nitrogen and oxygen atoms in total. The zero-order valence-electron chi connectivity index (χ0n) is 12.1. The van der Waals surface area contributed by atoms with Crippen molar-refractivity contribution in [1.82, 2.24) is 4.90 Å². The Morgan fingerprint density at radius 2 is 1.70 bits per heavy atom. The number of aliphatic hydroxyl groups is 1. The van der Waals surface area contributed by atoms with Crippen molar-refractivity contribution in [2.75, 3.05) is 13.1 Å². The molecule has 1 aromatic rings. The van der Waals surface area contributed by atoms with E-state index in [0.717, 1.165) is 12.0 Å². The summed E-state index contributed by atoms with van der Waals surface area (Å²) in [7, 11) is 0. The van der Waals surface area contributed by atoms with E-state index in [1.807, 2.05) is 19.1 Å². The van der Waals surface area contributed by atoms with Gasteiger partial charge in [-0.2, -0.15) is 13.2 Å². The highest BCUT2D eigenvalue weighted by Crippen LogP contribution is 2.21.